The molecule has 1 aliphatic carbocycles. The van der Waals surface area contributed by atoms with Crippen molar-refractivity contribution in [3.05, 3.63) is 45.2 Å². The molecule has 0 atom stereocenters. The molecule has 0 saturated carbocycles. The summed E-state index contributed by atoms with van der Waals surface area (Å²) in [7, 11) is 0. The molecule has 0 aromatic heterocycles. The Morgan fingerprint density at radius 1 is 0.818 bits per heavy atom. The van der Waals surface area contributed by atoms with E-state index in [9.17, 15) is 19.2 Å². The molecule has 114 valence electrons. The number of Topliss-reactive ketones (excluding diaryl/α,β-unsaturated/α-hetero) is 2. The minimum absolute atomic E-state index is 0.00245. The Kier molecular flexibility index (Phi) is 5.04. The zero-order valence-corrected chi connectivity index (χ0v) is 12.7. The zero-order valence-electron chi connectivity index (χ0n) is 11.1. The number of rotatable bonds is 6. The summed E-state index contributed by atoms with van der Waals surface area (Å²) in [5.74, 6) is -3.91. The van der Waals surface area contributed by atoms with Gasteiger partial charge in [-0.2, -0.15) is 0 Å². The van der Waals surface area contributed by atoms with Crippen molar-refractivity contribution in [2.45, 2.75) is 0 Å². The molecule has 0 fully saturated rings. The van der Waals surface area contributed by atoms with Gasteiger partial charge >= 0.3 is 11.9 Å². The average Bonchev–Trinajstić information content (AvgIpc) is 2.48. The van der Waals surface area contributed by atoms with Crippen LogP contribution in [0.4, 0.5) is 0 Å². The Morgan fingerprint density at radius 2 is 1.18 bits per heavy atom. The van der Waals surface area contributed by atoms with E-state index in [1.54, 1.807) is 12.1 Å². The van der Waals surface area contributed by atoms with Crippen LogP contribution in [0.5, 0.6) is 0 Å². The van der Waals surface area contributed by atoms with Crippen LogP contribution >= 0.6 is 23.5 Å². The molecule has 0 heterocycles. The van der Waals surface area contributed by atoms with Crippen LogP contribution in [0, 0.1) is 0 Å². The predicted octanol–water partition coefficient (Wildman–Crippen LogP) is 1.91. The predicted molar refractivity (Wildman–Crippen MR) is 82.3 cm³/mol. The number of carbonyl (C=O) groups excluding carboxylic acids is 2. The first-order valence-electron chi connectivity index (χ1n) is 6.03. The number of ketones is 2. The molecule has 8 heteroatoms. The van der Waals surface area contributed by atoms with Gasteiger partial charge < -0.3 is 10.2 Å². The van der Waals surface area contributed by atoms with Gasteiger partial charge in [0.15, 0.2) is 0 Å². The normalized spacial score (nSPS) is 14.0. The van der Waals surface area contributed by atoms with E-state index >= 15 is 0 Å². The first kappa shape index (κ1) is 16.3. The van der Waals surface area contributed by atoms with Crippen LogP contribution in [0.3, 0.4) is 0 Å². The maximum absolute atomic E-state index is 12.4. The fourth-order valence-electron chi connectivity index (χ4n) is 1.86. The zero-order chi connectivity index (χ0) is 16.3. The first-order chi connectivity index (χ1) is 10.4. The van der Waals surface area contributed by atoms with Gasteiger partial charge in [-0.25, -0.2) is 0 Å². The van der Waals surface area contributed by atoms with E-state index in [-0.39, 0.29) is 32.4 Å². The molecule has 0 saturated heterocycles. The molecule has 0 aliphatic heterocycles. The number of fused-ring (bicyclic) bond motifs is 1. The van der Waals surface area contributed by atoms with E-state index < -0.39 is 23.5 Å². The van der Waals surface area contributed by atoms with Crippen LogP contribution in [-0.4, -0.2) is 45.2 Å². The molecule has 6 nitrogen and oxygen atoms in total. The topological polar surface area (TPSA) is 109 Å². The lowest BCUT2D eigenvalue weighted by Gasteiger charge is -2.19. The third-order valence-corrected chi connectivity index (χ3v) is 4.98. The number of allylic oxidation sites excluding steroid dienone is 2. The highest BCUT2D eigenvalue weighted by Crippen LogP contribution is 2.37. The lowest BCUT2D eigenvalue weighted by molar-refractivity contribution is -0.134. The van der Waals surface area contributed by atoms with Crippen molar-refractivity contribution < 1.29 is 29.4 Å². The summed E-state index contributed by atoms with van der Waals surface area (Å²) in [4.78, 5) is 46.3. The Hall–Kier alpha value is -2.06. The fourth-order valence-corrected chi connectivity index (χ4v) is 3.68. The van der Waals surface area contributed by atoms with Crippen molar-refractivity contribution in [2.24, 2.45) is 0 Å². The summed E-state index contributed by atoms with van der Waals surface area (Å²) in [6.07, 6.45) is 0. The minimum atomic E-state index is -1.13. The van der Waals surface area contributed by atoms with Gasteiger partial charge in [-0.1, -0.05) is 24.3 Å². The Balaban J connectivity index is 2.44. The highest BCUT2D eigenvalue weighted by Gasteiger charge is 2.33. The lowest BCUT2D eigenvalue weighted by Crippen LogP contribution is -2.21. The van der Waals surface area contributed by atoms with E-state index in [0.29, 0.717) is 0 Å². The number of hydrogen-bond donors (Lipinski definition) is 2. The quantitative estimate of drug-likeness (QED) is 0.809. The molecule has 1 aromatic rings. The largest absolute Gasteiger partial charge is 0.481 e. The van der Waals surface area contributed by atoms with Crippen LogP contribution in [0.25, 0.3) is 0 Å². The summed E-state index contributed by atoms with van der Waals surface area (Å²) in [6.45, 7) is 0. The summed E-state index contributed by atoms with van der Waals surface area (Å²) >= 11 is 1.47. The summed E-state index contributed by atoms with van der Waals surface area (Å²) in [5, 5.41) is 17.5. The molecule has 0 radical (unpaired) electrons. The number of benzene rings is 1. The number of thioether (sulfide) groups is 2. The SMILES string of the molecule is O=C(O)CSC1=C(SCC(=O)O)C(=O)c2ccccc2C1=O. The van der Waals surface area contributed by atoms with Gasteiger partial charge in [-0.05, 0) is 0 Å². The lowest BCUT2D eigenvalue weighted by atomic mass is 9.94. The molecular formula is C14H10O6S2. The fraction of sp³-hybridized carbons (Fsp3) is 0.143. The van der Waals surface area contributed by atoms with Crippen molar-refractivity contribution in [2.75, 3.05) is 11.5 Å². The van der Waals surface area contributed by atoms with Crippen molar-refractivity contribution >= 4 is 47.0 Å². The highest BCUT2D eigenvalue weighted by molar-refractivity contribution is 8.08. The van der Waals surface area contributed by atoms with E-state index in [1.165, 1.54) is 12.1 Å². The number of carboxylic acid groups (broad SMARTS) is 2. The van der Waals surface area contributed by atoms with Gasteiger partial charge in [0.2, 0.25) is 11.6 Å². The molecule has 2 N–H and O–H groups in total. The third-order valence-electron chi connectivity index (χ3n) is 2.71. The summed E-state index contributed by atoms with van der Waals surface area (Å²) < 4.78 is 0. The van der Waals surface area contributed by atoms with Crippen molar-refractivity contribution in [1.29, 1.82) is 0 Å². The summed E-state index contributed by atoms with van der Waals surface area (Å²) in [6, 6.07) is 6.21. The second-order valence-corrected chi connectivity index (χ2v) is 6.20. The molecular weight excluding hydrogens is 328 g/mol. The summed E-state index contributed by atoms with van der Waals surface area (Å²) in [5.41, 5.74) is 0.417. The van der Waals surface area contributed by atoms with Gasteiger partial charge in [-0.15, -0.1) is 23.5 Å². The van der Waals surface area contributed by atoms with Gasteiger partial charge in [0, 0.05) is 11.1 Å². The molecule has 0 spiro atoms. The van der Waals surface area contributed by atoms with Gasteiger partial charge in [0.1, 0.15) is 0 Å². The van der Waals surface area contributed by atoms with Crippen LogP contribution in [0.2, 0.25) is 0 Å². The monoisotopic (exact) mass is 338 g/mol. The average molecular weight is 338 g/mol. The number of hydrogen-bond acceptors (Lipinski definition) is 6. The van der Waals surface area contributed by atoms with E-state index in [2.05, 4.69) is 0 Å². The Bertz CT molecular complexity index is 648. The van der Waals surface area contributed by atoms with Crippen molar-refractivity contribution in [1.82, 2.24) is 0 Å². The number of carboxylic acids is 2. The Labute approximate surface area is 133 Å². The maximum atomic E-state index is 12.4. The maximum Gasteiger partial charge on any atom is 0.313 e. The second kappa shape index (κ2) is 6.80. The van der Waals surface area contributed by atoms with Crippen molar-refractivity contribution in [3.8, 4) is 0 Å². The van der Waals surface area contributed by atoms with Crippen LogP contribution < -0.4 is 0 Å². The standard InChI is InChI=1S/C14H10O6S2/c15-9(16)5-21-13-11(19)7-3-1-2-4-8(7)12(20)14(13)22-6-10(17)18/h1-4H,5-6H2,(H,15,16)(H,17,18). The van der Waals surface area contributed by atoms with E-state index in [4.69, 9.17) is 10.2 Å². The Morgan fingerprint density at radius 3 is 1.50 bits per heavy atom. The van der Waals surface area contributed by atoms with Gasteiger partial charge in [-0.3, -0.25) is 19.2 Å². The molecule has 1 aromatic carbocycles. The molecule has 22 heavy (non-hydrogen) atoms. The van der Waals surface area contributed by atoms with E-state index in [0.717, 1.165) is 23.5 Å². The third kappa shape index (κ3) is 3.40. The molecule has 0 amide bonds. The minimum Gasteiger partial charge on any atom is -0.481 e. The van der Waals surface area contributed by atoms with E-state index in [1.807, 2.05) is 0 Å². The molecule has 1 aliphatic rings. The van der Waals surface area contributed by atoms with Crippen molar-refractivity contribution in [3.63, 3.8) is 0 Å². The first-order valence-corrected chi connectivity index (χ1v) is 8.00. The molecule has 0 unspecified atom stereocenters. The number of carbonyl (C=O) groups is 4. The number of aliphatic carboxylic acids is 2. The highest BCUT2D eigenvalue weighted by atomic mass is 32.2. The molecule has 0 bridgehead atoms. The van der Waals surface area contributed by atoms with Gasteiger partial charge in [0.25, 0.3) is 0 Å². The van der Waals surface area contributed by atoms with Crippen LogP contribution in [0.15, 0.2) is 34.1 Å². The second-order valence-electron chi connectivity index (χ2n) is 4.23. The molecule has 2 rings (SSSR count). The van der Waals surface area contributed by atoms with Crippen LogP contribution in [0.1, 0.15) is 20.7 Å². The van der Waals surface area contributed by atoms with Gasteiger partial charge in [0.05, 0.1) is 21.3 Å². The smallest absolute Gasteiger partial charge is 0.313 e. The van der Waals surface area contributed by atoms with Crippen LogP contribution in [-0.2, 0) is 9.59 Å².